The van der Waals surface area contributed by atoms with Crippen molar-refractivity contribution >= 4 is 23.0 Å². The zero-order valence-corrected chi connectivity index (χ0v) is 16.7. The summed E-state index contributed by atoms with van der Waals surface area (Å²) in [5, 5.41) is 5.47. The van der Waals surface area contributed by atoms with E-state index in [0.717, 1.165) is 10.9 Å². The lowest BCUT2D eigenvalue weighted by atomic mass is 10.1. The molecule has 0 spiro atoms. The Morgan fingerprint density at radius 2 is 1.93 bits per heavy atom. The molecule has 1 aromatic heterocycles. The molecule has 0 bridgehead atoms. The van der Waals surface area contributed by atoms with Crippen LogP contribution >= 0.6 is 0 Å². The summed E-state index contributed by atoms with van der Waals surface area (Å²) in [7, 11) is 1.42. The first-order valence-corrected chi connectivity index (χ1v) is 9.08. The maximum Gasteiger partial charge on any atom is 0.168 e. The molecule has 3 aromatic rings. The van der Waals surface area contributed by atoms with E-state index in [4.69, 9.17) is 4.74 Å². The number of aliphatic imine (C=N–C) groups is 1. The lowest BCUT2D eigenvalue weighted by molar-refractivity contribution is -0.104. The highest BCUT2D eigenvalue weighted by Gasteiger charge is 2.15. The molecule has 0 aliphatic heterocycles. The van der Waals surface area contributed by atoms with Crippen LogP contribution in [0.1, 0.15) is 27.7 Å². The van der Waals surface area contributed by atoms with Crippen LogP contribution < -0.4 is 4.74 Å². The molecule has 5 nitrogen and oxygen atoms in total. The monoisotopic (exact) mass is 381 g/mol. The van der Waals surface area contributed by atoms with Crippen molar-refractivity contribution in [1.82, 2.24) is 9.78 Å². The molecule has 1 heterocycles. The quantitative estimate of drug-likeness (QED) is 0.269. The van der Waals surface area contributed by atoms with Crippen molar-refractivity contribution < 1.29 is 13.9 Å². The van der Waals surface area contributed by atoms with Gasteiger partial charge in [-0.05, 0) is 38.1 Å². The van der Waals surface area contributed by atoms with Crippen LogP contribution in [0.15, 0.2) is 59.2 Å². The molecule has 0 amide bonds. The molecule has 0 saturated carbocycles. The number of ether oxygens (including phenoxy) is 1. The van der Waals surface area contributed by atoms with Gasteiger partial charge in [0.25, 0.3) is 0 Å². The van der Waals surface area contributed by atoms with Crippen molar-refractivity contribution in [3.05, 3.63) is 60.1 Å². The number of rotatable bonds is 4. The summed E-state index contributed by atoms with van der Waals surface area (Å²) in [5.74, 6) is 0.270. The third-order valence-corrected chi connectivity index (χ3v) is 4.03. The van der Waals surface area contributed by atoms with Crippen molar-refractivity contribution in [2.75, 3.05) is 7.11 Å². The number of benzene rings is 2. The zero-order valence-electron chi connectivity index (χ0n) is 16.7. The number of aldehydes is 1. The average Bonchev–Trinajstić information content (AvgIpc) is 3.13. The molecule has 0 aliphatic carbocycles. The van der Waals surface area contributed by atoms with Crippen LogP contribution in [0.25, 0.3) is 22.2 Å². The van der Waals surface area contributed by atoms with Crippen LogP contribution in [0.3, 0.4) is 0 Å². The van der Waals surface area contributed by atoms with Crippen molar-refractivity contribution in [3.8, 4) is 17.0 Å². The Labute approximate surface area is 164 Å². The third kappa shape index (κ3) is 4.17. The second-order valence-corrected chi connectivity index (χ2v) is 5.62. The number of carbonyl (C=O) groups excluding carboxylic acids is 1. The van der Waals surface area contributed by atoms with E-state index < -0.39 is 5.82 Å². The summed E-state index contributed by atoms with van der Waals surface area (Å²) in [6.45, 7) is 7.51. The molecule has 0 N–H and O–H groups in total. The summed E-state index contributed by atoms with van der Waals surface area (Å²) in [5.41, 5.74) is 2.40. The molecule has 0 atom stereocenters. The van der Waals surface area contributed by atoms with E-state index in [1.807, 2.05) is 38.1 Å². The minimum absolute atomic E-state index is 0.180. The lowest BCUT2D eigenvalue weighted by Gasteiger charge is -2.04. The van der Waals surface area contributed by atoms with E-state index in [9.17, 15) is 9.18 Å². The van der Waals surface area contributed by atoms with Crippen LogP contribution in [0.2, 0.25) is 0 Å². The summed E-state index contributed by atoms with van der Waals surface area (Å²) in [4.78, 5) is 15.3. The highest BCUT2D eigenvalue weighted by atomic mass is 19.1. The highest BCUT2D eigenvalue weighted by molar-refractivity contribution is 6.00. The van der Waals surface area contributed by atoms with Crippen molar-refractivity contribution in [1.29, 1.82) is 0 Å². The van der Waals surface area contributed by atoms with E-state index in [1.165, 1.54) is 13.2 Å². The second-order valence-electron chi connectivity index (χ2n) is 5.62. The highest BCUT2D eigenvalue weighted by Crippen LogP contribution is 2.30. The molecule has 2 aromatic carbocycles. The summed E-state index contributed by atoms with van der Waals surface area (Å²) in [6, 6.07) is 12.3. The molecule has 146 valence electrons. The van der Waals surface area contributed by atoms with E-state index in [1.54, 1.807) is 36.7 Å². The van der Waals surface area contributed by atoms with Gasteiger partial charge in [-0.25, -0.2) is 14.1 Å². The Balaban J connectivity index is 0.00000136. The van der Waals surface area contributed by atoms with Gasteiger partial charge < -0.3 is 4.74 Å². The zero-order chi connectivity index (χ0) is 20.7. The first-order valence-electron chi connectivity index (χ1n) is 9.08. The SMILES string of the molecule is C/C=C(/C=O)N=C(C)n1nc(-c2ccc(OC)c(F)c2)c2ccccc21.CC. The van der Waals surface area contributed by atoms with E-state index >= 15 is 0 Å². The number of allylic oxidation sites excluding steroid dienone is 2. The summed E-state index contributed by atoms with van der Waals surface area (Å²) in [6.07, 6.45) is 2.32. The number of fused-ring (bicyclic) bond motifs is 1. The largest absolute Gasteiger partial charge is 0.494 e. The molecule has 0 fully saturated rings. The predicted molar refractivity (Wildman–Crippen MR) is 111 cm³/mol. The first-order chi connectivity index (χ1) is 13.6. The Morgan fingerprint density at radius 3 is 2.54 bits per heavy atom. The van der Waals surface area contributed by atoms with E-state index in [2.05, 4.69) is 10.1 Å². The van der Waals surface area contributed by atoms with Crippen LogP contribution in [-0.4, -0.2) is 29.0 Å². The number of halogens is 1. The smallest absolute Gasteiger partial charge is 0.168 e. The van der Waals surface area contributed by atoms with Crippen molar-refractivity contribution in [2.45, 2.75) is 27.7 Å². The van der Waals surface area contributed by atoms with Crippen molar-refractivity contribution in [2.24, 2.45) is 4.99 Å². The Kier molecular flexibility index (Phi) is 7.21. The van der Waals surface area contributed by atoms with Gasteiger partial charge in [0.05, 0.1) is 12.6 Å². The number of hydrogen-bond acceptors (Lipinski definition) is 4. The van der Waals surface area contributed by atoms with Gasteiger partial charge in [-0.1, -0.05) is 38.1 Å². The predicted octanol–water partition coefficient (Wildman–Crippen LogP) is 5.25. The van der Waals surface area contributed by atoms with E-state index in [0.29, 0.717) is 29.1 Å². The topological polar surface area (TPSA) is 56.5 Å². The van der Waals surface area contributed by atoms with Gasteiger partial charge in [0.15, 0.2) is 17.9 Å². The maximum atomic E-state index is 14.1. The number of carbonyl (C=O) groups is 1. The van der Waals surface area contributed by atoms with Crippen molar-refractivity contribution in [3.63, 3.8) is 0 Å². The minimum Gasteiger partial charge on any atom is -0.494 e. The fraction of sp³-hybridized carbons (Fsp3) is 0.227. The second kappa shape index (κ2) is 9.60. The Hall–Kier alpha value is -3.28. The molecular weight excluding hydrogens is 357 g/mol. The third-order valence-electron chi connectivity index (χ3n) is 4.03. The molecular formula is C22H24FN3O2. The molecule has 3 rings (SSSR count). The number of para-hydroxylation sites is 1. The first kappa shape index (κ1) is 21.0. The van der Waals surface area contributed by atoms with Gasteiger partial charge in [-0.2, -0.15) is 5.10 Å². The lowest BCUT2D eigenvalue weighted by Crippen LogP contribution is -2.10. The molecule has 28 heavy (non-hydrogen) atoms. The van der Waals surface area contributed by atoms with Gasteiger partial charge in [-0.3, -0.25) is 4.79 Å². The van der Waals surface area contributed by atoms with Crippen LogP contribution in [0, 0.1) is 5.82 Å². The summed E-state index contributed by atoms with van der Waals surface area (Å²) >= 11 is 0. The van der Waals surface area contributed by atoms with Gasteiger partial charge >= 0.3 is 0 Å². The standard InChI is InChI=1S/C20H18FN3O2.C2H6/c1-4-15(12-25)22-13(2)24-18-8-6-5-7-16(18)20(23-24)14-9-10-19(26-3)17(21)11-14;1-2/h4-12H,1-3H3;1-2H3/b15-4-,22-13?;. The number of nitrogens with zero attached hydrogens (tertiary/aromatic N) is 3. The number of methoxy groups -OCH3 is 1. The van der Waals surface area contributed by atoms with Gasteiger partial charge in [-0.15, -0.1) is 0 Å². The Bertz CT molecular complexity index is 1040. The summed E-state index contributed by atoms with van der Waals surface area (Å²) < 4.78 is 20.8. The number of aromatic nitrogens is 2. The van der Waals surface area contributed by atoms with Crippen LogP contribution in [0.5, 0.6) is 5.75 Å². The van der Waals surface area contributed by atoms with Gasteiger partial charge in [0, 0.05) is 10.9 Å². The maximum absolute atomic E-state index is 14.1. The van der Waals surface area contributed by atoms with E-state index in [-0.39, 0.29) is 5.75 Å². The fourth-order valence-corrected chi connectivity index (χ4v) is 2.73. The molecule has 6 heteroatoms. The average molecular weight is 381 g/mol. The number of hydrogen-bond donors (Lipinski definition) is 0. The van der Waals surface area contributed by atoms with Crippen LogP contribution in [-0.2, 0) is 4.79 Å². The molecule has 0 saturated heterocycles. The van der Waals surface area contributed by atoms with Gasteiger partial charge in [0.1, 0.15) is 17.2 Å². The fourth-order valence-electron chi connectivity index (χ4n) is 2.73. The molecule has 0 aliphatic rings. The molecule has 0 unspecified atom stereocenters. The Morgan fingerprint density at radius 1 is 1.21 bits per heavy atom. The van der Waals surface area contributed by atoms with Crippen LogP contribution in [0.4, 0.5) is 4.39 Å². The normalized spacial score (nSPS) is 11.8. The van der Waals surface area contributed by atoms with Gasteiger partial charge in [0.2, 0.25) is 0 Å². The minimum atomic E-state index is -0.453. The molecule has 0 radical (unpaired) electrons.